The van der Waals surface area contributed by atoms with Gasteiger partial charge in [0.2, 0.25) is 10.0 Å². The number of nitrogens with one attached hydrogen (secondary N) is 1. The summed E-state index contributed by atoms with van der Waals surface area (Å²) in [5.74, 6) is 1.35. The number of aliphatic hydroxyl groups is 1. The molecule has 1 fully saturated rings. The Hall–Kier alpha value is -2.76. The number of aryl methyl sites for hydroxylation is 2. The van der Waals surface area contributed by atoms with E-state index < -0.39 is 10.0 Å². The van der Waals surface area contributed by atoms with Gasteiger partial charge in [-0.3, -0.25) is 4.79 Å². The highest BCUT2D eigenvalue weighted by atomic mass is 32.2. The summed E-state index contributed by atoms with van der Waals surface area (Å²) in [6.45, 7) is 6.46. The van der Waals surface area contributed by atoms with E-state index >= 15 is 0 Å². The van der Waals surface area contributed by atoms with Crippen LogP contribution in [0.4, 0.5) is 0 Å². The molecule has 3 aromatic rings. The minimum absolute atomic E-state index is 0.0682. The van der Waals surface area contributed by atoms with Gasteiger partial charge in [-0.05, 0) is 57.7 Å². The standard InChI is InChI=1S/C26H37N5O5S/c1-4-6-7-11-23-27-18(3)24-26(33)28-25(29-31(23)24)21-17-20(12-13-22(21)36-5-2)37(34,35)30-15-9-8-10-19(30)14-16-32/h12-13,17,19,32H,4-11,14-16H2,1-3H3,(H,28,29,33). The van der Waals surface area contributed by atoms with Crippen LogP contribution in [-0.4, -0.2) is 63.2 Å². The third-order valence-electron chi connectivity index (χ3n) is 6.89. The number of nitrogens with zero attached hydrogens (tertiary/aromatic N) is 4. The molecule has 1 aliphatic rings. The Balaban J connectivity index is 1.82. The number of ether oxygens (including phenoxy) is 1. The Kier molecular flexibility index (Phi) is 8.66. The van der Waals surface area contributed by atoms with E-state index in [0.29, 0.717) is 54.3 Å². The van der Waals surface area contributed by atoms with Crippen molar-refractivity contribution in [2.24, 2.45) is 0 Å². The van der Waals surface area contributed by atoms with Crippen molar-refractivity contribution in [1.29, 1.82) is 0 Å². The molecule has 0 spiro atoms. The summed E-state index contributed by atoms with van der Waals surface area (Å²) in [6, 6.07) is 4.42. The first kappa shape index (κ1) is 27.3. The summed E-state index contributed by atoms with van der Waals surface area (Å²) in [5.41, 5.74) is 1.04. The van der Waals surface area contributed by atoms with E-state index in [1.807, 2.05) is 6.92 Å². The van der Waals surface area contributed by atoms with E-state index in [2.05, 4.69) is 16.9 Å². The number of hydrogen-bond acceptors (Lipinski definition) is 7. The van der Waals surface area contributed by atoms with Crippen molar-refractivity contribution in [3.8, 4) is 17.1 Å². The van der Waals surface area contributed by atoms with Crippen LogP contribution < -0.4 is 10.3 Å². The maximum atomic E-state index is 13.7. The molecule has 0 bridgehead atoms. The number of aromatic nitrogens is 4. The van der Waals surface area contributed by atoms with E-state index in [-0.39, 0.29) is 28.9 Å². The third-order valence-corrected chi connectivity index (χ3v) is 8.84. The van der Waals surface area contributed by atoms with Crippen molar-refractivity contribution in [2.75, 3.05) is 19.8 Å². The van der Waals surface area contributed by atoms with E-state index in [4.69, 9.17) is 9.84 Å². The third kappa shape index (κ3) is 5.58. The fourth-order valence-electron chi connectivity index (χ4n) is 5.05. The number of imidazole rings is 1. The van der Waals surface area contributed by atoms with Crippen LogP contribution in [0.2, 0.25) is 0 Å². The number of aliphatic hydroxyl groups excluding tert-OH is 1. The maximum Gasteiger partial charge on any atom is 0.277 e. The second kappa shape index (κ2) is 11.7. The van der Waals surface area contributed by atoms with Crippen LogP contribution in [-0.2, 0) is 16.4 Å². The first-order chi connectivity index (χ1) is 17.8. The molecule has 1 aromatic carbocycles. The van der Waals surface area contributed by atoms with E-state index in [0.717, 1.165) is 38.5 Å². The fourth-order valence-corrected chi connectivity index (χ4v) is 6.80. The van der Waals surface area contributed by atoms with Gasteiger partial charge in [0.25, 0.3) is 5.56 Å². The molecule has 2 N–H and O–H groups in total. The second-order valence-electron chi connectivity index (χ2n) is 9.50. The molecule has 1 atom stereocenters. The fraction of sp³-hybridized carbons (Fsp3) is 0.577. The predicted octanol–water partition coefficient (Wildman–Crippen LogP) is 3.45. The van der Waals surface area contributed by atoms with E-state index in [9.17, 15) is 18.3 Å². The summed E-state index contributed by atoms with van der Waals surface area (Å²) in [7, 11) is -3.84. The summed E-state index contributed by atoms with van der Waals surface area (Å²) in [4.78, 5) is 20.6. The molecule has 4 rings (SSSR count). The molecule has 37 heavy (non-hydrogen) atoms. The lowest BCUT2D eigenvalue weighted by atomic mass is 10.0. The van der Waals surface area contributed by atoms with Crippen molar-refractivity contribution in [3.05, 3.63) is 40.1 Å². The van der Waals surface area contributed by atoms with Crippen LogP contribution in [0.15, 0.2) is 27.9 Å². The zero-order valence-corrected chi connectivity index (χ0v) is 22.7. The van der Waals surface area contributed by atoms with Crippen molar-refractivity contribution >= 4 is 15.5 Å². The number of hydrogen-bond donors (Lipinski definition) is 2. The lowest BCUT2D eigenvalue weighted by Gasteiger charge is -2.34. The van der Waals surface area contributed by atoms with Crippen molar-refractivity contribution in [2.45, 2.75) is 83.1 Å². The average Bonchev–Trinajstić information content (AvgIpc) is 3.20. The number of fused-ring (bicyclic) bond motifs is 1. The monoisotopic (exact) mass is 531 g/mol. The Morgan fingerprint density at radius 2 is 2.03 bits per heavy atom. The van der Waals surface area contributed by atoms with E-state index in [1.165, 1.54) is 16.4 Å². The number of benzene rings is 1. The topological polar surface area (TPSA) is 130 Å². The van der Waals surface area contributed by atoms with Gasteiger partial charge in [0.05, 0.1) is 22.8 Å². The van der Waals surface area contributed by atoms with Crippen LogP contribution >= 0.6 is 0 Å². The van der Waals surface area contributed by atoms with Crippen LogP contribution in [0.25, 0.3) is 16.9 Å². The Morgan fingerprint density at radius 1 is 1.22 bits per heavy atom. The van der Waals surface area contributed by atoms with E-state index in [1.54, 1.807) is 17.5 Å². The average molecular weight is 532 g/mol. The van der Waals surface area contributed by atoms with Crippen LogP contribution in [0.5, 0.6) is 5.75 Å². The van der Waals surface area contributed by atoms with Gasteiger partial charge in [0, 0.05) is 25.6 Å². The molecule has 202 valence electrons. The SMILES string of the molecule is CCCCCc1nc(C)c2c(=O)[nH]c(-c3cc(S(=O)(=O)N4CCCCC4CCO)ccc3OCC)nn12. The van der Waals surface area contributed by atoms with Gasteiger partial charge in [0.15, 0.2) is 11.3 Å². The highest BCUT2D eigenvalue weighted by Crippen LogP contribution is 2.33. The quantitative estimate of drug-likeness (QED) is 0.363. The molecule has 0 amide bonds. The van der Waals surface area contributed by atoms with Crippen LogP contribution in [0.3, 0.4) is 0 Å². The van der Waals surface area contributed by atoms with Gasteiger partial charge in [-0.2, -0.15) is 4.31 Å². The maximum absolute atomic E-state index is 13.7. The van der Waals surface area contributed by atoms with Gasteiger partial charge in [0.1, 0.15) is 11.6 Å². The molecular weight excluding hydrogens is 494 g/mol. The summed E-state index contributed by atoms with van der Waals surface area (Å²) in [5, 5.41) is 14.2. The minimum Gasteiger partial charge on any atom is -0.493 e. The molecule has 0 saturated carbocycles. The number of sulfonamides is 1. The lowest BCUT2D eigenvalue weighted by molar-refractivity contribution is 0.192. The normalized spacial score (nSPS) is 16.9. The van der Waals surface area contributed by atoms with Crippen LogP contribution in [0, 0.1) is 6.92 Å². The molecule has 3 heterocycles. The van der Waals surface area contributed by atoms with Crippen molar-refractivity contribution in [3.63, 3.8) is 0 Å². The first-order valence-electron chi connectivity index (χ1n) is 13.2. The molecule has 0 aliphatic carbocycles. The van der Waals surface area contributed by atoms with Crippen molar-refractivity contribution in [1.82, 2.24) is 23.9 Å². The zero-order valence-electron chi connectivity index (χ0n) is 21.9. The molecular formula is C26H37N5O5S. The van der Waals surface area contributed by atoms with Gasteiger partial charge in [-0.1, -0.05) is 26.2 Å². The first-order valence-corrected chi connectivity index (χ1v) is 14.6. The molecule has 0 radical (unpaired) electrons. The smallest absolute Gasteiger partial charge is 0.277 e. The molecule has 2 aromatic heterocycles. The lowest BCUT2D eigenvalue weighted by Crippen LogP contribution is -2.44. The number of rotatable bonds is 11. The summed E-state index contributed by atoms with van der Waals surface area (Å²) >= 11 is 0. The summed E-state index contributed by atoms with van der Waals surface area (Å²) in [6.07, 6.45) is 6.56. The largest absolute Gasteiger partial charge is 0.493 e. The van der Waals surface area contributed by atoms with Gasteiger partial charge >= 0.3 is 0 Å². The molecule has 1 unspecified atom stereocenters. The van der Waals surface area contributed by atoms with Gasteiger partial charge < -0.3 is 14.8 Å². The van der Waals surface area contributed by atoms with Crippen LogP contribution in [0.1, 0.15) is 70.3 Å². The Morgan fingerprint density at radius 3 is 2.76 bits per heavy atom. The zero-order chi connectivity index (χ0) is 26.6. The number of piperidine rings is 1. The Labute approximate surface area is 217 Å². The summed E-state index contributed by atoms with van der Waals surface area (Å²) < 4.78 is 36.3. The van der Waals surface area contributed by atoms with Gasteiger partial charge in [-0.25, -0.2) is 17.9 Å². The minimum atomic E-state index is -3.84. The Bertz CT molecular complexity index is 1400. The molecule has 1 saturated heterocycles. The highest BCUT2D eigenvalue weighted by molar-refractivity contribution is 7.89. The number of aromatic amines is 1. The molecule has 11 heteroatoms. The predicted molar refractivity (Wildman–Crippen MR) is 141 cm³/mol. The highest BCUT2D eigenvalue weighted by Gasteiger charge is 2.34. The second-order valence-corrected chi connectivity index (χ2v) is 11.4. The number of H-pyrrole nitrogens is 1. The van der Waals surface area contributed by atoms with Crippen molar-refractivity contribution < 1.29 is 18.3 Å². The van der Waals surface area contributed by atoms with Gasteiger partial charge in [-0.15, -0.1) is 5.10 Å². The number of unbranched alkanes of at least 4 members (excludes halogenated alkanes) is 2. The molecule has 1 aliphatic heterocycles. The molecule has 10 nitrogen and oxygen atoms in total.